The second kappa shape index (κ2) is 9.25. The number of anilines is 1. The molecule has 0 radical (unpaired) electrons. The average Bonchev–Trinajstić information content (AvgIpc) is 2.73. The van der Waals surface area contributed by atoms with Crippen LogP contribution >= 0.6 is 0 Å². The molecular weight excluding hydrogens is 340 g/mol. The van der Waals surface area contributed by atoms with Crippen LogP contribution in [0.25, 0.3) is 0 Å². The Balaban J connectivity index is 1.50. The summed E-state index contributed by atoms with van der Waals surface area (Å²) in [5, 5.41) is 3.00. The minimum absolute atomic E-state index is 0.000482. The highest BCUT2D eigenvalue weighted by Gasteiger charge is 2.34. The van der Waals surface area contributed by atoms with Crippen molar-refractivity contribution in [2.24, 2.45) is 11.8 Å². The zero-order valence-corrected chi connectivity index (χ0v) is 16.6. The third kappa shape index (κ3) is 4.82. The number of piperidine rings is 1. The van der Waals surface area contributed by atoms with E-state index < -0.39 is 0 Å². The van der Waals surface area contributed by atoms with Crippen molar-refractivity contribution in [3.8, 4) is 5.75 Å². The maximum atomic E-state index is 13.0. The van der Waals surface area contributed by atoms with Gasteiger partial charge in [-0.05, 0) is 75.6 Å². The molecule has 1 aliphatic carbocycles. The lowest BCUT2D eigenvalue weighted by Gasteiger charge is -2.39. The Bertz CT molecular complexity index is 635. The molecule has 2 fully saturated rings. The smallest absolute Gasteiger partial charge is 0.227 e. The van der Waals surface area contributed by atoms with Gasteiger partial charge in [-0.2, -0.15) is 0 Å². The van der Waals surface area contributed by atoms with E-state index in [-0.39, 0.29) is 17.7 Å². The summed E-state index contributed by atoms with van der Waals surface area (Å²) in [6, 6.07) is 7.81. The fourth-order valence-corrected chi connectivity index (χ4v) is 4.47. The molecule has 5 heteroatoms. The van der Waals surface area contributed by atoms with Crippen LogP contribution in [0.2, 0.25) is 0 Å². The van der Waals surface area contributed by atoms with Gasteiger partial charge in [-0.15, -0.1) is 0 Å². The van der Waals surface area contributed by atoms with Gasteiger partial charge in [-0.3, -0.25) is 9.59 Å². The topological polar surface area (TPSA) is 58.6 Å². The van der Waals surface area contributed by atoms with Crippen molar-refractivity contribution < 1.29 is 14.3 Å². The van der Waals surface area contributed by atoms with Gasteiger partial charge in [0.05, 0.1) is 7.11 Å². The standard InChI is InChI=1S/C22H32N2O3/c1-3-19-6-4-5-15-24(19)22(26)17-9-7-16(8-10-17)21(25)23-18-11-13-20(27-2)14-12-18/h11-14,16-17,19H,3-10,15H2,1-2H3,(H,23,25). The number of amides is 2. The second-order valence-corrected chi connectivity index (χ2v) is 7.86. The van der Waals surface area contributed by atoms with Gasteiger partial charge in [0.25, 0.3) is 0 Å². The van der Waals surface area contributed by atoms with Crippen molar-refractivity contribution in [2.45, 2.75) is 64.3 Å². The van der Waals surface area contributed by atoms with E-state index in [1.54, 1.807) is 7.11 Å². The molecule has 1 aromatic rings. The molecule has 2 amide bonds. The van der Waals surface area contributed by atoms with Gasteiger partial charge >= 0.3 is 0 Å². The van der Waals surface area contributed by atoms with Gasteiger partial charge in [-0.25, -0.2) is 0 Å². The van der Waals surface area contributed by atoms with E-state index >= 15 is 0 Å². The van der Waals surface area contributed by atoms with Crippen LogP contribution in [-0.2, 0) is 9.59 Å². The number of nitrogens with zero attached hydrogens (tertiary/aromatic N) is 1. The van der Waals surface area contributed by atoms with Crippen molar-refractivity contribution in [3.05, 3.63) is 24.3 Å². The number of rotatable bonds is 5. The number of methoxy groups -OCH3 is 1. The Hall–Kier alpha value is -2.04. The van der Waals surface area contributed by atoms with Crippen LogP contribution in [0.3, 0.4) is 0 Å². The number of ether oxygens (including phenoxy) is 1. The van der Waals surface area contributed by atoms with E-state index in [4.69, 9.17) is 4.74 Å². The van der Waals surface area contributed by atoms with Gasteiger partial charge < -0.3 is 15.0 Å². The molecule has 5 nitrogen and oxygen atoms in total. The van der Waals surface area contributed by atoms with Gasteiger partial charge in [0.2, 0.25) is 11.8 Å². The van der Waals surface area contributed by atoms with Crippen LogP contribution in [0.5, 0.6) is 5.75 Å². The number of hydrogen-bond acceptors (Lipinski definition) is 3. The lowest BCUT2D eigenvalue weighted by Crippen LogP contribution is -2.47. The Kier molecular flexibility index (Phi) is 6.75. The minimum atomic E-state index is -0.000482. The Morgan fingerprint density at radius 2 is 1.70 bits per heavy atom. The summed E-state index contributed by atoms with van der Waals surface area (Å²) in [6.07, 6.45) is 7.79. The summed E-state index contributed by atoms with van der Waals surface area (Å²) in [4.78, 5) is 27.7. The van der Waals surface area contributed by atoms with Crippen LogP contribution in [0, 0.1) is 11.8 Å². The molecular formula is C22H32N2O3. The van der Waals surface area contributed by atoms with E-state index in [1.807, 2.05) is 24.3 Å². The van der Waals surface area contributed by atoms with Crippen molar-refractivity contribution in [2.75, 3.05) is 19.0 Å². The summed E-state index contributed by atoms with van der Waals surface area (Å²) in [7, 11) is 1.62. The number of carbonyl (C=O) groups excluding carboxylic acids is 2. The van der Waals surface area contributed by atoms with Gasteiger partial charge in [0, 0.05) is 30.1 Å². The molecule has 1 saturated heterocycles. The summed E-state index contributed by atoms with van der Waals surface area (Å²) in [5.74, 6) is 1.27. The largest absolute Gasteiger partial charge is 0.497 e. The lowest BCUT2D eigenvalue weighted by molar-refractivity contribution is -0.141. The van der Waals surface area contributed by atoms with E-state index in [1.165, 1.54) is 6.42 Å². The maximum Gasteiger partial charge on any atom is 0.227 e. The molecule has 1 heterocycles. The van der Waals surface area contributed by atoms with Crippen molar-refractivity contribution in [3.63, 3.8) is 0 Å². The highest BCUT2D eigenvalue weighted by Crippen LogP contribution is 2.33. The van der Waals surface area contributed by atoms with Crippen LogP contribution in [0.15, 0.2) is 24.3 Å². The normalized spacial score (nSPS) is 25.7. The molecule has 1 N–H and O–H groups in total. The third-order valence-electron chi connectivity index (χ3n) is 6.19. The first-order valence-corrected chi connectivity index (χ1v) is 10.4. The van der Waals surface area contributed by atoms with Crippen molar-refractivity contribution in [1.82, 2.24) is 4.90 Å². The lowest BCUT2D eigenvalue weighted by atomic mass is 9.80. The summed E-state index contributed by atoms with van der Waals surface area (Å²) >= 11 is 0. The van der Waals surface area contributed by atoms with Crippen LogP contribution in [-0.4, -0.2) is 36.4 Å². The van der Waals surface area contributed by atoms with Gasteiger partial charge in [-0.1, -0.05) is 6.92 Å². The van der Waals surface area contributed by atoms with Crippen LogP contribution in [0.1, 0.15) is 58.3 Å². The first-order valence-electron chi connectivity index (χ1n) is 10.4. The average molecular weight is 373 g/mol. The fourth-order valence-electron chi connectivity index (χ4n) is 4.47. The molecule has 0 spiro atoms. The van der Waals surface area contributed by atoms with Gasteiger partial charge in [0.15, 0.2) is 0 Å². The first-order chi connectivity index (χ1) is 13.1. The maximum absolute atomic E-state index is 13.0. The van der Waals surface area contributed by atoms with Crippen LogP contribution in [0.4, 0.5) is 5.69 Å². The molecule has 2 aliphatic rings. The SMILES string of the molecule is CCC1CCCCN1C(=O)C1CCC(C(=O)Nc2ccc(OC)cc2)CC1. The highest BCUT2D eigenvalue weighted by molar-refractivity contribution is 5.92. The monoisotopic (exact) mass is 372 g/mol. The van der Waals surface area contributed by atoms with Crippen molar-refractivity contribution in [1.29, 1.82) is 0 Å². The molecule has 3 rings (SSSR count). The molecule has 0 aromatic heterocycles. The van der Waals surface area contributed by atoms with E-state index in [0.29, 0.717) is 11.9 Å². The number of benzene rings is 1. The summed E-state index contributed by atoms with van der Waals surface area (Å²) in [5.41, 5.74) is 0.790. The fraction of sp³-hybridized carbons (Fsp3) is 0.636. The quantitative estimate of drug-likeness (QED) is 0.841. The molecule has 148 valence electrons. The first kappa shape index (κ1) is 19.7. The number of likely N-dealkylation sites (tertiary alicyclic amines) is 1. The second-order valence-electron chi connectivity index (χ2n) is 7.86. The molecule has 1 unspecified atom stereocenters. The molecule has 0 bridgehead atoms. The Morgan fingerprint density at radius 3 is 2.33 bits per heavy atom. The van der Waals surface area contributed by atoms with E-state index in [9.17, 15) is 9.59 Å². The zero-order valence-electron chi connectivity index (χ0n) is 16.6. The summed E-state index contributed by atoms with van der Waals surface area (Å²) in [6.45, 7) is 3.09. The number of hydrogen-bond donors (Lipinski definition) is 1. The van der Waals surface area contributed by atoms with E-state index in [0.717, 1.165) is 62.9 Å². The van der Waals surface area contributed by atoms with E-state index in [2.05, 4.69) is 17.1 Å². The molecule has 1 aliphatic heterocycles. The number of nitrogens with one attached hydrogen (secondary N) is 1. The predicted octanol–water partition coefficient (Wildman–Crippen LogP) is 4.23. The molecule has 1 atom stereocenters. The molecule has 1 aromatic carbocycles. The third-order valence-corrected chi connectivity index (χ3v) is 6.19. The number of carbonyl (C=O) groups is 2. The Labute approximate surface area is 162 Å². The Morgan fingerprint density at radius 1 is 1.04 bits per heavy atom. The molecule has 1 saturated carbocycles. The molecule has 27 heavy (non-hydrogen) atoms. The summed E-state index contributed by atoms with van der Waals surface area (Å²) < 4.78 is 5.14. The van der Waals surface area contributed by atoms with Crippen LogP contribution < -0.4 is 10.1 Å². The van der Waals surface area contributed by atoms with Crippen molar-refractivity contribution >= 4 is 17.5 Å². The minimum Gasteiger partial charge on any atom is -0.497 e. The van der Waals surface area contributed by atoms with Gasteiger partial charge in [0.1, 0.15) is 5.75 Å². The predicted molar refractivity (Wildman–Crippen MR) is 107 cm³/mol. The zero-order chi connectivity index (χ0) is 19.2. The highest BCUT2D eigenvalue weighted by atomic mass is 16.5.